The second kappa shape index (κ2) is 6.73. The van der Waals surface area contributed by atoms with Gasteiger partial charge in [0.25, 0.3) is 0 Å². The number of anilines is 2. The van der Waals surface area contributed by atoms with E-state index in [1.807, 2.05) is 67.6 Å². The molecule has 0 unspecified atom stereocenters. The summed E-state index contributed by atoms with van der Waals surface area (Å²) >= 11 is 0. The van der Waals surface area contributed by atoms with Crippen LogP contribution in [0.5, 0.6) is 0 Å². The summed E-state index contributed by atoms with van der Waals surface area (Å²) in [4.78, 5) is 19.6. The SMILES string of the molecule is CCON(C(=O)N(C)c1ccccc1)c1ccccc1. The van der Waals surface area contributed by atoms with Crippen molar-refractivity contribution >= 4 is 17.4 Å². The first-order valence-electron chi connectivity index (χ1n) is 6.55. The van der Waals surface area contributed by atoms with Crippen LogP contribution in [0.3, 0.4) is 0 Å². The van der Waals surface area contributed by atoms with E-state index in [4.69, 9.17) is 4.84 Å². The van der Waals surface area contributed by atoms with Gasteiger partial charge in [0, 0.05) is 12.7 Å². The average molecular weight is 270 g/mol. The van der Waals surface area contributed by atoms with Crippen LogP contribution in [-0.4, -0.2) is 19.7 Å². The van der Waals surface area contributed by atoms with E-state index in [-0.39, 0.29) is 6.03 Å². The summed E-state index contributed by atoms with van der Waals surface area (Å²) in [5.41, 5.74) is 1.53. The lowest BCUT2D eigenvalue weighted by atomic mass is 10.3. The van der Waals surface area contributed by atoms with Gasteiger partial charge in [-0.05, 0) is 31.2 Å². The number of hydroxylamine groups is 1. The van der Waals surface area contributed by atoms with Crippen LogP contribution in [0.2, 0.25) is 0 Å². The molecule has 0 fully saturated rings. The fraction of sp³-hybridized carbons (Fsp3) is 0.188. The molecule has 0 heterocycles. The van der Waals surface area contributed by atoms with E-state index in [0.29, 0.717) is 12.3 Å². The molecule has 0 spiro atoms. The molecule has 20 heavy (non-hydrogen) atoms. The molecule has 4 nitrogen and oxygen atoms in total. The molecule has 0 radical (unpaired) electrons. The van der Waals surface area contributed by atoms with Gasteiger partial charge in [-0.1, -0.05) is 36.4 Å². The van der Waals surface area contributed by atoms with E-state index in [9.17, 15) is 4.79 Å². The third kappa shape index (κ3) is 3.16. The van der Waals surface area contributed by atoms with Gasteiger partial charge in [-0.2, -0.15) is 5.06 Å². The molecule has 0 atom stereocenters. The molecule has 0 aliphatic carbocycles. The smallest absolute Gasteiger partial charge is 0.295 e. The molecule has 104 valence electrons. The minimum Gasteiger partial charge on any atom is -0.295 e. The maximum atomic E-state index is 12.6. The Morgan fingerprint density at radius 3 is 1.95 bits per heavy atom. The van der Waals surface area contributed by atoms with Crippen molar-refractivity contribution in [1.29, 1.82) is 0 Å². The van der Waals surface area contributed by atoms with E-state index in [1.165, 1.54) is 5.06 Å². The molecule has 4 heteroatoms. The van der Waals surface area contributed by atoms with Gasteiger partial charge in [-0.15, -0.1) is 0 Å². The van der Waals surface area contributed by atoms with Crippen LogP contribution in [-0.2, 0) is 4.84 Å². The van der Waals surface area contributed by atoms with Gasteiger partial charge in [-0.3, -0.25) is 9.74 Å². The predicted molar refractivity (Wildman–Crippen MR) is 80.8 cm³/mol. The Morgan fingerprint density at radius 1 is 0.950 bits per heavy atom. The lowest BCUT2D eigenvalue weighted by Gasteiger charge is -2.27. The van der Waals surface area contributed by atoms with Gasteiger partial charge in [0.15, 0.2) is 0 Å². The monoisotopic (exact) mass is 270 g/mol. The molecule has 2 aromatic rings. The van der Waals surface area contributed by atoms with Crippen LogP contribution in [0.1, 0.15) is 6.92 Å². The standard InChI is InChI=1S/C16H18N2O2/c1-3-20-18(15-12-8-5-9-13-15)16(19)17(2)14-10-6-4-7-11-14/h4-13H,3H2,1-2H3. The van der Waals surface area contributed by atoms with Gasteiger partial charge in [-0.25, -0.2) is 4.79 Å². The molecule has 0 aliphatic rings. The molecule has 0 N–H and O–H groups in total. The van der Waals surface area contributed by atoms with Crippen molar-refractivity contribution < 1.29 is 9.63 Å². The van der Waals surface area contributed by atoms with E-state index >= 15 is 0 Å². The van der Waals surface area contributed by atoms with Crippen LogP contribution in [0.4, 0.5) is 16.2 Å². The minimum atomic E-state index is -0.232. The Kier molecular flexibility index (Phi) is 4.74. The van der Waals surface area contributed by atoms with Crippen molar-refractivity contribution in [2.75, 3.05) is 23.6 Å². The van der Waals surface area contributed by atoms with E-state index in [1.54, 1.807) is 11.9 Å². The Balaban J connectivity index is 2.24. The topological polar surface area (TPSA) is 32.8 Å². The molecule has 0 aliphatic heterocycles. The van der Waals surface area contributed by atoms with Crippen molar-refractivity contribution in [3.63, 3.8) is 0 Å². The highest BCUT2D eigenvalue weighted by molar-refractivity contribution is 6.01. The molecular formula is C16H18N2O2. The van der Waals surface area contributed by atoms with E-state index in [2.05, 4.69) is 0 Å². The molecule has 0 saturated carbocycles. The normalized spacial score (nSPS) is 10.1. The summed E-state index contributed by atoms with van der Waals surface area (Å²) in [5, 5.41) is 1.31. The summed E-state index contributed by atoms with van der Waals surface area (Å²) in [6.07, 6.45) is 0. The molecule has 0 aromatic heterocycles. The summed E-state index contributed by atoms with van der Waals surface area (Å²) < 4.78 is 0. The Hall–Kier alpha value is -2.33. The number of urea groups is 1. The maximum absolute atomic E-state index is 12.6. The lowest BCUT2D eigenvalue weighted by Crippen LogP contribution is -2.41. The maximum Gasteiger partial charge on any atom is 0.352 e. The largest absolute Gasteiger partial charge is 0.352 e. The number of amides is 2. The first-order chi connectivity index (χ1) is 9.74. The van der Waals surface area contributed by atoms with Gasteiger partial charge in [0.2, 0.25) is 0 Å². The third-order valence-electron chi connectivity index (χ3n) is 2.85. The van der Waals surface area contributed by atoms with Gasteiger partial charge in [0.1, 0.15) is 0 Å². The molecule has 2 rings (SSSR count). The second-order valence-corrected chi connectivity index (χ2v) is 4.22. The summed E-state index contributed by atoms with van der Waals surface area (Å²) in [6.45, 7) is 2.27. The number of benzene rings is 2. The number of nitrogens with zero attached hydrogens (tertiary/aromatic N) is 2. The van der Waals surface area contributed by atoms with Gasteiger partial charge < -0.3 is 0 Å². The number of hydrogen-bond donors (Lipinski definition) is 0. The number of hydrogen-bond acceptors (Lipinski definition) is 2. The van der Waals surface area contributed by atoms with Crippen LogP contribution in [0.15, 0.2) is 60.7 Å². The Morgan fingerprint density at radius 2 is 1.45 bits per heavy atom. The zero-order valence-corrected chi connectivity index (χ0v) is 11.7. The summed E-state index contributed by atoms with van der Waals surface area (Å²) in [7, 11) is 1.73. The fourth-order valence-electron chi connectivity index (χ4n) is 1.83. The zero-order valence-electron chi connectivity index (χ0n) is 11.7. The first-order valence-corrected chi connectivity index (χ1v) is 6.55. The fourth-order valence-corrected chi connectivity index (χ4v) is 1.83. The Bertz CT molecular complexity index is 543. The number of carbonyl (C=O) groups excluding carboxylic acids is 1. The summed E-state index contributed by atoms with van der Waals surface area (Å²) in [6, 6.07) is 18.6. The third-order valence-corrected chi connectivity index (χ3v) is 2.85. The molecule has 0 bridgehead atoms. The first kappa shape index (κ1) is 14.1. The van der Waals surface area contributed by atoms with Gasteiger partial charge >= 0.3 is 6.03 Å². The molecule has 0 saturated heterocycles. The molecule has 2 aromatic carbocycles. The number of carbonyl (C=O) groups is 1. The predicted octanol–water partition coefficient (Wildman–Crippen LogP) is 3.70. The highest BCUT2D eigenvalue weighted by Crippen LogP contribution is 2.19. The molecular weight excluding hydrogens is 252 g/mol. The van der Waals surface area contributed by atoms with Crippen LogP contribution >= 0.6 is 0 Å². The van der Waals surface area contributed by atoms with E-state index < -0.39 is 0 Å². The molecule has 2 amide bonds. The average Bonchev–Trinajstić information content (AvgIpc) is 2.53. The van der Waals surface area contributed by atoms with Crippen LogP contribution in [0, 0.1) is 0 Å². The van der Waals surface area contributed by atoms with Crippen LogP contribution in [0.25, 0.3) is 0 Å². The van der Waals surface area contributed by atoms with Crippen molar-refractivity contribution in [2.45, 2.75) is 6.92 Å². The number of rotatable bonds is 4. The Labute approximate surface area is 119 Å². The van der Waals surface area contributed by atoms with E-state index in [0.717, 1.165) is 5.69 Å². The summed E-state index contributed by atoms with van der Waals surface area (Å²) in [5.74, 6) is 0. The second-order valence-electron chi connectivity index (χ2n) is 4.22. The van der Waals surface area contributed by atoms with Crippen LogP contribution < -0.4 is 9.96 Å². The number of para-hydroxylation sites is 2. The highest BCUT2D eigenvalue weighted by Gasteiger charge is 2.21. The van der Waals surface area contributed by atoms with Crippen molar-refractivity contribution in [2.24, 2.45) is 0 Å². The lowest BCUT2D eigenvalue weighted by molar-refractivity contribution is 0.130. The minimum absolute atomic E-state index is 0.232. The zero-order chi connectivity index (χ0) is 14.4. The van der Waals surface area contributed by atoms with Crippen molar-refractivity contribution in [3.8, 4) is 0 Å². The van der Waals surface area contributed by atoms with Crippen molar-refractivity contribution in [3.05, 3.63) is 60.7 Å². The van der Waals surface area contributed by atoms with Crippen molar-refractivity contribution in [1.82, 2.24) is 0 Å². The highest BCUT2D eigenvalue weighted by atomic mass is 16.7. The quantitative estimate of drug-likeness (QED) is 0.793. The van der Waals surface area contributed by atoms with Gasteiger partial charge in [0.05, 0.1) is 12.3 Å².